The van der Waals surface area contributed by atoms with Gasteiger partial charge in [0.15, 0.2) is 0 Å². The smallest absolute Gasteiger partial charge is 0.122 e. The molecule has 3 aromatic carbocycles. The van der Waals surface area contributed by atoms with Crippen LogP contribution in [-0.2, 0) is 12.8 Å². The van der Waals surface area contributed by atoms with Crippen LogP contribution >= 0.6 is 0 Å². The normalized spacial score (nSPS) is 12.3. The molecule has 0 saturated carbocycles. The van der Waals surface area contributed by atoms with Crippen LogP contribution in [0.15, 0.2) is 60.7 Å². The van der Waals surface area contributed by atoms with Crippen molar-refractivity contribution in [2.24, 2.45) is 5.73 Å². The van der Waals surface area contributed by atoms with Crippen molar-refractivity contribution >= 4 is 10.8 Å². The lowest BCUT2D eigenvalue weighted by molar-refractivity contribution is 0.408. The maximum Gasteiger partial charge on any atom is 0.122 e. The number of rotatable bonds is 6. The van der Waals surface area contributed by atoms with Gasteiger partial charge in [-0.05, 0) is 52.9 Å². The summed E-state index contributed by atoms with van der Waals surface area (Å²) in [6, 6.07) is 21.5. The molecule has 0 radical (unpaired) electrons. The average Bonchev–Trinajstić information content (AvgIpc) is 2.65. The largest absolute Gasteiger partial charge is 0.496 e. The molecule has 0 aromatic heterocycles. The van der Waals surface area contributed by atoms with E-state index in [-0.39, 0.29) is 5.92 Å². The highest BCUT2D eigenvalue weighted by atomic mass is 16.5. The third-order valence-corrected chi connectivity index (χ3v) is 4.77. The van der Waals surface area contributed by atoms with Crippen LogP contribution in [0.1, 0.15) is 29.5 Å². The van der Waals surface area contributed by atoms with E-state index in [2.05, 4.69) is 67.6 Å². The first kappa shape index (κ1) is 16.5. The quantitative estimate of drug-likeness (QED) is 0.715. The molecule has 0 aliphatic rings. The van der Waals surface area contributed by atoms with Gasteiger partial charge in [0.05, 0.1) is 7.11 Å². The average molecular weight is 319 g/mol. The van der Waals surface area contributed by atoms with Gasteiger partial charge in [-0.15, -0.1) is 0 Å². The molecule has 0 spiro atoms. The fourth-order valence-corrected chi connectivity index (χ4v) is 3.40. The Morgan fingerprint density at radius 2 is 1.79 bits per heavy atom. The van der Waals surface area contributed by atoms with Crippen LogP contribution in [0.25, 0.3) is 10.8 Å². The fourth-order valence-electron chi connectivity index (χ4n) is 3.40. The molecule has 0 fully saturated rings. The summed E-state index contributed by atoms with van der Waals surface area (Å²) in [7, 11) is 1.74. The first-order valence-corrected chi connectivity index (χ1v) is 8.60. The SMILES string of the molecule is CCc1ccc(OC)c(CC(CN)c2cccc3ccccc23)c1. The number of ether oxygens (including phenoxy) is 1. The molecule has 2 heteroatoms. The highest BCUT2D eigenvalue weighted by Gasteiger charge is 2.16. The predicted molar refractivity (Wildman–Crippen MR) is 102 cm³/mol. The van der Waals surface area contributed by atoms with E-state index in [9.17, 15) is 0 Å². The van der Waals surface area contributed by atoms with Crippen molar-refractivity contribution in [2.45, 2.75) is 25.7 Å². The van der Waals surface area contributed by atoms with E-state index in [1.165, 1.54) is 27.5 Å². The third kappa shape index (κ3) is 3.29. The van der Waals surface area contributed by atoms with Crippen LogP contribution in [0, 0.1) is 0 Å². The number of hydrogen-bond acceptors (Lipinski definition) is 2. The van der Waals surface area contributed by atoms with Crippen LogP contribution in [-0.4, -0.2) is 13.7 Å². The second kappa shape index (κ2) is 7.50. The van der Waals surface area contributed by atoms with Crippen molar-refractivity contribution in [3.8, 4) is 5.75 Å². The van der Waals surface area contributed by atoms with E-state index < -0.39 is 0 Å². The second-order valence-electron chi connectivity index (χ2n) is 6.20. The number of methoxy groups -OCH3 is 1. The minimum atomic E-state index is 0.275. The number of aryl methyl sites for hydroxylation is 1. The monoisotopic (exact) mass is 319 g/mol. The molecule has 0 aliphatic carbocycles. The highest BCUT2D eigenvalue weighted by Crippen LogP contribution is 2.31. The molecule has 3 aromatic rings. The van der Waals surface area contributed by atoms with Gasteiger partial charge in [-0.2, -0.15) is 0 Å². The fraction of sp³-hybridized carbons (Fsp3) is 0.273. The lowest BCUT2D eigenvalue weighted by atomic mass is 9.88. The van der Waals surface area contributed by atoms with E-state index in [4.69, 9.17) is 10.5 Å². The zero-order valence-corrected chi connectivity index (χ0v) is 14.5. The minimum Gasteiger partial charge on any atom is -0.496 e. The van der Waals surface area contributed by atoms with Gasteiger partial charge in [-0.25, -0.2) is 0 Å². The van der Waals surface area contributed by atoms with E-state index in [0.29, 0.717) is 6.54 Å². The second-order valence-corrected chi connectivity index (χ2v) is 6.20. The zero-order valence-electron chi connectivity index (χ0n) is 14.5. The lowest BCUT2D eigenvalue weighted by Gasteiger charge is -2.20. The van der Waals surface area contributed by atoms with Crippen molar-refractivity contribution in [3.05, 3.63) is 77.4 Å². The summed E-state index contributed by atoms with van der Waals surface area (Å²) in [5, 5.41) is 2.56. The summed E-state index contributed by atoms with van der Waals surface area (Å²) in [5.74, 6) is 1.22. The van der Waals surface area contributed by atoms with E-state index in [1.54, 1.807) is 7.11 Å². The number of fused-ring (bicyclic) bond motifs is 1. The van der Waals surface area contributed by atoms with Crippen molar-refractivity contribution in [3.63, 3.8) is 0 Å². The number of nitrogens with two attached hydrogens (primary N) is 1. The van der Waals surface area contributed by atoms with Crippen LogP contribution < -0.4 is 10.5 Å². The Bertz CT molecular complexity index is 820. The molecule has 1 atom stereocenters. The van der Waals surface area contributed by atoms with Gasteiger partial charge in [-0.1, -0.05) is 61.5 Å². The standard InChI is InChI=1S/C22H25NO/c1-3-16-11-12-22(24-2)18(13-16)14-19(15-23)21-10-6-8-17-7-4-5-9-20(17)21/h4-13,19H,3,14-15,23H2,1-2H3. The Labute approximate surface area is 144 Å². The number of hydrogen-bond donors (Lipinski definition) is 1. The van der Waals surface area contributed by atoms with Crippen LogP contribution in [0.3, 0.4) is 0 Å². The summed E-state index contributed by atoms with van der Waals surface area (Å²) < 4.78 is 5.57. The van der Waals surface area contributed by atoms with Crippen molar-refractivity contribution in [1.29, 1.82) is 0 Å². The molecule has 2 N–H and O–H groups in total. The van der Waals surface area contributed by atoms with Crippen molar-refractivity contribution in [1.82, 2.24) is 0 Å². The first-order valence-electron chi connectivity index (χ1n) is 8.60. The van der Waals surface area contributed by atoms with E-state index >= 15 is 0 Å². The summed E-state index contributed by atoms with van der Waals surface area (Å²) in [4.78, 5) is 0. The summed E-state index contributed by atoms with van der Waals surface area (Å²) in [5.41, 5.74) is 10.1. The maximum atomic E-state index is 6.16. The third-order valence-electron chi connectivity index (χ3n) is 4.77. The maximum absolute atomic E-state index is 6.16. The van der Waals surface area contributed by atoms with Crippen LogP contribution in [0.2, 0.25) is 0 Å². The molecule has 124 valence electrons. The van der Waals surface area contributed by atoms with Gasteiger partial charge in [-0.3, -0.25) is 0 Å². The van der Waals surface area contributed by atoms with Gasteiger partial charge in [0, 0.05) is 5.92 Å². The highest BCUT2D eigenvalue weighted by molar-refractivity contribution is 5.86. The molecule has 1 unspecified atom stereocenters. The Hall–Kier alpha value is -2.32. The lowest BCUT2D eigenvalue weighted by Crippen LogP contribution is -2.16. The molecule has 2 nitrogen and oxygen atoms in total. The topological polar surface area (TPSA) is 35.2 Å². The van der Waals surface area contributed by atoms with Gasteiger partial charge in [0.2, 0.25) is 0 Å². The molecule has 0 saturated heterocycles. The van der Waals surface area contributed by atoms with Crippen molar-refractivity contribution < 1.29 is 4.74 Å². The molecule has 0 heterocycles. The molecule has 24 heavy (non-hydrogen) atoms. The molecule has 0 bridgehead atoms. The minimum absolute atomic E-state index is 0.275. The molecular formula is C22H25NO. The van der Waals surface area contributed by atoms with E-state index in [0.717, 1.165) is 18.6 Å². The Balaban J connectivity index is 2.00. The summed E-state index contributed by atoms with van der Waals surface area (Å²) in [6.07, 6.45) is 1.92. The van der Waals surface area contributed by atoms with Gasteiger partial charge in [0.1, 0.15) is 5.75 Å². The van der Waals surface area contributed by atoms with Gasteiger partial charge < -0.3 is 10.5 Å². The van der Waals surface area contributed by atoms with Gasteiger partial charge >= 0.3 is 0 Å². The summed E-state index contributed by atoms with van der Waals surface area (Å²) in [6.45, 7) is 2.80. The molecule has 0 aliphatic heterocycles. The Morgan fingerprint density at radius 1 is 1.00 bits per heavy atom. The van der Waals surface area contributed by atoms with Gasteiger partial charge in [0.25, 0.3) is 0 Å². The predicted octanol–water partition coefficient (Wildman–Crippen LogP) is 4.70. The summed E-state index contributed by atoms with van der Waals surface area (Å²) >= 11 is 0. The van der Waals surface area contributed by atoms with Crippen LogP contribution in [0.4, 0.5) is 0 Å². The van der Waals surface area contributed by atoms with E-state index in [1.807, 2.05) is 0 Å². The van der Waals surface area contributed by atoms with Crippen molar-refractivity contribution in [2.75, 3.05) is 13.7 Å². The zero-order chi connectivity index (χ0) is 16.9. The molecular weight excluding hydrogens is 294 g/mol. The van der Waals surface area contributed by atoms with Crippen LogP contribution in [0.5, 0.6) is 5.75 Å². The Kier molecular flexibility index (Phi) is 5.17. The molecule has 0 amide bonds. The number of benzene rings is 3. The first-order chi connectivity index (χ1) is 11.8. The molecule has 3 rings (SSSR count). The Morgan fingerprint density at radius 3 is 2.54 bits per heavy atom.